The maximum atomic E-state index is 13.2. The fraction of sp³-hybridized carbons (Fsp3) is 0.250. The second-order valence-corrected chi connectivity index (χ2v) is 7.24. The molecule has 1 atom stereocenters. The van der Waals surface area contributed by atoms with Crippen molar-refractivity contribution >= 4 is 17.7 Å². The topological polar surface area (TPSA) is 51.0 Å². The lowest BCUT2D eigenvalue weighted by Crippen LogP contribution is -2.38. The van der Waals surface area contributed by atoms with Gasteiger partial charge in [0.05, 0.1) is 11.8 Å². The highest BCUT2D eigenvalue weighted by molar-refractivity contribution is 7.98. The van der Waals surface area contributed by atoms with Gasteiger partial charge in [0.15, 0.2) is 0 Å². The Labute approximate surface area is 157 Å². The highest BCUT2D eigenvalue weighted by atomic mass is 32.2. The molecule has 3 aromatic rings. The van der Waals surface area contributed by atoms with Crippen molar-refractivity contribution in [2.24, 2.45) is 7.05 Å². The van der Waals surface area contributed by atoms with E-state index >= 15 is 0 Å². The molecule has 6 heteroatoms. The number of carbonyl (C=O) groups excluding carboxylic acids is 1. The third kappa shape index (κ3) is 3.01. The second kappa shape index (κ2) is 6.96. The highest BCUT2D eigenvalue weighted by Gasteiger charge is 2.31. The molecule has 4 rings (SSSR count). The molecule has 1 aliphatic rings. The summed E-state index contributed by atoms with van der Waals surface area (Å²) >= 11 is 1.50. The first-order valence-corrected chi connectivity index (χ1v) is 9.74. The summed E-state index contributed by atoms with van der Waals surface area (Å²) < 4.78 is 1.81. The second-order valence-electron chi connectivity index (χ2n) is 6.44. The van der Waals surface area contributed by atoms with E-state index in [0.29, 0.717) is 18.7 Å². The molecule has 0 radical (unpaired) electrons. The van der Waals surface area contributed by atoms with E-state index in [9.17, 15) is 4.79 Å². The van der Waals surface area contributed by atoms with Gasteiger partial charge in [0.1, 0.15) is 5.03 Å². The van der Waals surface area contributed by atoms with Crippen LogP contribution in [0.5, 0.6) is 0 Å². The van der Waals surface area contributed by atoms with E-state index in [4.69, 9.17) is 0 Å². The number of aryl methyl sites for hydroxylation is 1. The van der Waals surface area contributed by atoms with E-state index in [1.54, 1.807) is 6.20 Å². The summed E-state index contributed by atoms with van der Waals surface area (Å²) in [5, 5.41) is 5.09. The van der Waals surface area contributed by atoms with Crippen molar-refractivity contribution in [1.82, 2.24) is 19.7 Å². The largest absolute Gasteiger partial charge is 0.333 e. The lowest BCUT2D eigenvalue weighted by molar-refractivity contribution is 0.0720. The van der Waals surface area contributed by atoms with Gasteiger partial charge in [-0.15, -0.1) is 11.8 Å². The summed E-state index contributed by atoms with van der Waals surface area (Å²) in [4.78, 5) is 19.5. The van der Waals surface area contributed by atoms with Gasteiger partial charge in [-0.2, -0.15) is 5.10 Å². The molecule has 0 fully saturated rings. The number of aromatic nitrogens is 3. The van der Waals surface area contributed by atoms with Crippen LogP contribution < -0.4 is 0 Å². The van der Waals surface area contributed by atoms with Gasteiger partial charge in [0, 0.05) is 38.4 Å². The summed E-state index contributed by atoms with van der Waals surface area (Å²) in [6.45, 7) is 1.26. The number of hydrogen-bond donors (Lipinski definition) is 0. The van der Waals surface area contributed by atoms with Crippen molar-refractivity contribution in [3.8, 4) is 0 Å². The Kier molecular flexibility index (Phi) is 4.51. The zero-order valence-electron chi connectivity index (χ0n) is 14.8. The Morgan fingerprint density at radius 1 is 1.23 bits per heavy atom. The SMILES string of the molecule is CSc1ncccc1C(=O)N1Cc2ccccc2C(c2cnn(C)c2)C1. The Hall–Kier alpha value is -2.60. The molecule has 0 saturated heterocycles. The van der Waals surface area contributed by atoms with Crippen molar-refractivity contribution in [2.75, 3.05) is 12.8 Å². The van der Waals surface area contributed by atoms with E-state index in [1.807, 2.05) is 53.5 Å². The molecule has 132 valence electrons. The number of rotatable bonds is 3. The molecular formula is C20H20N4OS. The van der Waals surface area contributed by atoms with Gasteiger partial charge < -0.3 is 4.90 Å². The summed E-state index contributed by atoms with van der Waals surface area (Å²) in [5.74, 6) is 0.165. The van der Waals surface area contributed by atoms with Crippen LogP contribution >= 0.6 is 11.8 Å². The van der Waals surface area contributed by atoms with Crippen LogP contribution in [0, 0.1) is 0 Å². The number of carbonyl (C=O) groups is 1. The van der Waals surface area contributed by atoms with Crippen LogP contribution in [-0.4, -0.2) is 38.4 Å². The molecule has 1 unspecified atom stereocenters. The molecule has 26 heavy (non-hydrogen) atoms. The number of pyridine rings is 1. The van der Waals surface area contributed by atoms with Crippen LogP contribution in [-0.2, 0) is 13.6 Å². The molecule has 1 aliphatic heterocycles. The zero-order valence-corrected chi connectivity index (χ0v) is 15.6. The first-order valence-electron chi connectivity index (χ1n) is 8.52. The molecule has 0 saturated carbocycles. The molecule has 5 nitrogen and oxygen atoms in total. The average molecular weight is 364 g/mol. The van der Waals surface area contributed by atoms with E-state index in [0.717, 1.165) is 10.6 Å². The zero-order chi connectivity index (χ0) is 18.1. The summed E-state index contributed by atoms with van der Waals surface area (Å²) in [6.07, 6.45) is 7.61. The lowest BCUT2D eigenvalue weighted by Gasteiger charge is -2.34. The Morgan fingerprint density at radius 2 is 2.08 bits per heavy atom. The third-order valence-corrected chi connectivity index (χ3v) is 5.52. The van der Waals surface area contributed by atoms with Gasteiger partial charge in [-0.1, -0.05) is 24.3 Å². The molecule has 1 aromatic carbocycles. The van der Waals surface area contributed by atoms with Crippen LogP contribution in [0.4, 0.5) is 0 Å². The fourth-order valence-electron chi connectivity index (χ4n) is 3.55. The van der Waals surface area contributed by atoms with Gasteiger partial charge in [-0.3, -0.25) is 9.48 Å². The Morgan fingerprint density at radius 3 is 2.85 bits per heavy atom. The number of hydrogen-bond acceptors (Lipinski definition) is 4. The monoisotopic (exact) mass is 364 g/mol. The van der Waals surface area contributed by atoms with Crippen LogP contribution in [0.2, 0.25) is 0 Å². The molecule has 0 spiro atoms. The van der Waals surface area contributed by atoms with Crippen molar-refractivity contribution < 1.29 is 4.79 Å². The summed E-state index contributed by atoms with van der Waals surface area (Å²) in [6, 6.07) is 12.0. The van der Waals surface area contributed by atoms with E-state index in [2.05, 4.69) is 28.3 Å². The molecule has 3 heterocycles. The van der Waals surface area contributed by atoms with Gasteiger partial charge in [0.2, 0.25) is 0 Å². The van der Waals surface area contributed by atoms with Crippen LogP contribution in [0.3, 0.4) is 0 Å². The predicted molar refractivity (Wildman–Crippen MR) is 102 cm³/mol. The summed E-state index contributed by atoms with van der Waals surface area (Å²) in [7, 11) is 1.92. The van der Waals surface area contributed by atoms with Crippen molar-refractivity contribution in [3.05, 3.63) is 77.2 Å². The van der Waals surface area contributed by atoms with Gasteiger partial charge in [-0.05, 0) is 35.1 Å². The van der Waals surface area contributed by atoms with Crippen molar-refractivity contribution in [3.63, 3.8) is 0 Å². The minimum absolute atomic E-state index is 0.0332. The van der Waals surface area contributed by atoms with E-state index < -0.39 is 0 Å². The maximum absolute atomic E-state index is 13.2. The van der Waals surface area contributed by atoms with Crippen molar-refractivity contribution in [2.45, 2.75) is 17.5 Å². The Balaban J connectivity index is 1.72. The minimum atomic E-state index is 0.0332. The van der Waals surface area contributed by atoms with Gasteiger partial charge in [-0.25, -0.2) is 4.98 Å². The molecule has 0 bridgehead atoms. The molecule has 0 N–H and O–H groups in total. The lowest BCUT2D eigenvalue weighted by atomic mass is 9.86. The minimum Gasteiger partial charge on any atom is -0.333 e. The third-order valence-electron chi connectivity index (χ3n) is 4.80. The number of benzene rings is 1. The summed E-state index contributed by atoms with van der Waals surface area (Å²) in [5.41, 5.74) is 4.27. The van der Waals surface area contributed by atoms with Crippen molar-refractivity contribution in [1.29, 1.82) is 0 Å². The molecule has 1 amide bonds. The maximum Gasteiger partial charge on any atom is 0.256 e. The molecular weight excluding hydrogens is 344 g/mol. The normalized spacial score (nSPS) is 16.4. The molecule has 2 aromatic heterocycles. The highest BCUT2D eigenvalue weighted by Crippen LogP contribution is 2.34. The number of nitrogens with zero attached hydrogens (tertiary/aromatic N) is 4. The Bertz CT molecular complexity index is 952. The standard InChI is InChI=1S/C20H20N4OS/c1-23-11-15(10-22-23)18-13-24(12-14-6-3-4-7-16(14)18)20(25)17-8-5-9-21-19(17)26-2/h3-11,18H,12-13H2,1-2H3. The number of fused-ring (bicyclic) bond motifs is 1. The predicted octanol–water partition coefficient (Wildman–Crippen LogP) is 3.32. The van der Waals surface area contributed by atoms with Crippen LogP contribution in [0.25, 0.3) is 0 Å². The number of amides is 1. The smallest absolute Gasteiger partial charge is 0.256 e. The van der Waals surface area contributed by atoms with E-state index in [-0.39, 0.29) is 11.8 Å². The first-order chi connectivity index (χ1) is 12.7. The fourth-order valence-corrected chi connectivity index (χ4v) is 4.09. The first kappa shape index (κ1) is 16.8. The van der Waals surface area contributed by atoms with Gasteiger partial charge >= 0.3 is 0 Å². The molecule has 0 aliphatic carbocycles. The van der Waals surface area contributed by atoms with Crippen LogP contribution in [0.15, 0.2) is 60.0 Å². The average Bonchev–Trinajstić information content (AvgIpc) is 3.12. The van der Waals surface area contributed by atoms with E-state index in [1.165, 1.54) is 22.9 Å². The quantitative estimate of drug-likeness (QED) is 0.669. The van der Waals surface area contributed by atoms with Crippen LogP contribution in [0.1, 0.15) is 33.0 Å². The number of thioether (sulfide) groups is 1. The van der Waals surface area contributed by atoms with Gasteiger partial charge in [0.25, 0.3) is 5.91 Å².